The standard InChI is InChI=1S/C28H24N4O5/c1-4-36-28(35)20-12-10-19(11-13-20)24-15-14-23(37-24)16-21(17-29)26(33)30-25-18(2)31(3)32(27(25)34)22-8-6-5-7-9-22/h5-16H,4H2,1-3H3,(H,30,33)/b21-16+. The Hall–Kier alpha value is -5.10. The number of para-hydroxylation sites is 1. The topological polar surface area (TPSA) is 119 Å². The Kier molecular flexibility index (Phi) is 7.21. The first-order valence-electron chi connectivity index (χ1n) is 11.5. The Labute approximate surface area is 212 Å². The van der Waals surface area contributed by atoms with Gasteiger partial charge in [-0.15, -0.1) is 0 Å². The van der Waals surface area contributed by atoms with Crippen LogP contribution in [0.5, 0.6) is 0 Å². The van der Waals surface area contributed by atoms with Crippen LogP contribution in [0.1, 0.15) is 28.7 Å². The van der Waals surface area contributed by atoms with Crippen LogP contribution in [0.4, 0.5) is 5.69 Å². The van der Waals surface area contributed by atoms with Gasteiger partial charge in [0, 0.05) is 18.7 Å². The lowest BCUT2D eigenvalue weighted by Crippen LogP contribution is -2.23. The smallest absolute Gasteiger partial charge is 0.338 e. The molecule has 2 aromatic heterocycles. The molecule has 2 aromatic carbocycles. The number of hydrogen-bond acceptors (Lipinski definition) is 6. The van der Waals surface area contributed by atoms with Crippen molar-refractivity contribution in [1.29, 1.82) is 5.26 Å². The van der Waals surface area contributed by atoms with Crippen molar-refractivity contribution in [2.75, 3.05) is 11.9 Å². The van der Waals surface area contributed by atoms with E-state index in [2.05, 4.69) is 5.32 Å². The predicted molar refractivity (Wildman–Crippen MR) is 138 cm³/mol. The second-order valence-electron chi connectivity index (χ2n) is 8.06. The van der Waals surface area contributed by atoms with E-state index in [0.29, 0.717) is 28.3 Å². The number of amides is 1. The van der Waals surface area contributed by atoms with Crippen molar-refractivity contribution in [2.24, 2.45) is 7.05 Å². The zero-order chi connectivity index (χ0) is 26.5. The summed E-state index contributed by atoms with van der Waals surface area (Å²) in [5, 5.41) is 12.2. The van der Waals surface area contributed by atoms with E-state index in [4.69, 9.17) is 9.15 Å². The van der Waals surface area contributed by atoms with E-state index >= 15 is 0 Å². The molecule has 0 saturated carbocycles. The lowest BCUT2D eigenvalue weighted by Gasteiger charge is -2.07. The number of aromatic nitrogens is 2. The highest BCUT2D eigenvalue weighted by molar-refractivity contribution is 6.09. The van der Waals surface area contributed by atoms with Crippen molar-refractivity contribution >= 4 is 23.6 Å². The highest BCUT2D eigenvalue weighted by Gasteiger charge is 2.20. The molecular formula is C28H24N4O5. The van der Waals surface area contributed by atoms with Crippen LogP contribution < -0.4 is 10.9 Å². The first-order chi connectivity index (χ1) is 17.8. The van der Waals surface area contributed by atoms with Gasteiger partial charge in [-0.1, -0.05) is 30.3 Å². The first-order valence-corrected chi connectivity index (χ1v) is 11.5. The molecule has 9 heteroatoms. The normalized spacial score (nSPS) is 11.1. The van der Waals surface area contributed by atoms with E-state index in [1.165, 1.54) is 10.8 Å². The number of anilines is 1. The maximum atomic E-state index is 13.1. The van der Waals surface area contributed by atoms with Gasteiger partial charge in [0.1, 0.15) is 28.9 Å². The van der Waals surface area contributed by atoms with Crippen LogP contribution in [0.3, 0.4) is 0 Å². The number of carbonyl (C=O) groups excluding carboxylic acids is 2. The number of furan rings is 1. The van der Waals surface area contributed by atoms with Crippen LogP contribution in [-0.2, 0) is 16.6 Å². The van der Waals surface area contributed by atoms with Crippen molar-refractivity contribution in [3.63, 3.8) is 0 Å². The molecule has 0 radical (unpaired) electrons. The number of ether oxygens (including phenoxy) is 1. The van der Waals surface area contributed by atoms with Crippen LogP contribution in [0, 0.1) is 18.3 Å². The summed E-state index contributed by atoms with van der Waals surface area (Å²) in [6.45, 7) is 3.73. The molecule has 2 heterocycles. The summed E-state index contributed by atoms with van der Waals surface area (Å²) in [6.07, 6.45) is 1.31. The molecule has 0 bridgehead atoms. The van der Waals surface area contributed by atoms with Gasteiger partial charge in [-0.2, -0.15) is 5.26 Å². The van der Waals surface area contributed by atoms with Gasteiger partial charge in [0.25, 0.3) is 11.5 Å². The maximum Gasteiger partial charge on any atom is 0.338 e. The zero-order valence-corrected chi connectivity index (χ0v) is 20.5. The van der Waals surface area contributed by atoms with E-state index in [0.717, 1.165) is 0 Å². The molecule has 0 unspecified atom stereocenters. The molecule has 0 aliphatic carbocycles. The largest absolute Gasteiger partial charge is 0.462 e. The highest BCUT2D eigenvalue weighted by Crippen LogP contribution is 2.24. The number of esters is 1. The fourth-order valence-corrected chi connectivity index (χ4v) is 3.75. The molecule has 0 fully saturated rings. The molecule has 4 rings (SSSR count). The molecule has 0 aliphatic rings. The van der Waals surface area contributed by atoms with E-state index in [-0.39, 0.29) is 23.6 Å². The third kappa shape index (κ3) is 5.13. The number of nitrogens with one attached hydrogen (secondary N) is 1. The molecule has 4 aromatic rings. The Morgan fingerprint density at radius 3 is 2.43 bits per heavy atom. The lowest BCUT2D eigenvalue weighted by molar-refractivity contribution is -0.112. The number of benzene rings is 2. The third-order valence-electron chi connectivity index (χ3n) is 5.75. The van der Waals surface area contributed by atoms with Gasteiger partial charge in [0.05, 0.1) is 23.6 Å². The summed E-state index contributed by atoms with van der Waals surface area (Å²) < 4.78 is 13.8. The quantitative estimate of drug-likeness (QED) is 0.229. The molecule has 37 heavy (non-hydrogen) atoms. The summed E-state index contributed by atoms with van der Waals surface area (Å²) in [7, 11) is 1.71. The summed E-state index contributed by atoms with van der Waals surface area (Å²) in [5.74, 6) is -0.372. The molecule has 0 spiro atoms. The molecule has 0 atom stereocenters. The first kappa shape index (κ1) is 25.0. The van der Waals surface area contributed by atoms with Crippen LogP contribution in [0.15, 0.2) is 81.5 Å². The number of carbonyl (C=O) groups is 2. The van der Waals surface area contributed by atoms with E-state index < -0.39 is 17.4 Å². The minimum absolute atomic E-state index is 0.0827. The predicted octanol–water partition coefficient (Wildman–Crippen LogP) is 4.47. The summed E-state index contributed by atoms with van der Waals surface area (Å²) in [6, 6.07) is 20.9. The highest BCUT2D eigenvalue weighted by atomic mass is 16.5. The van der Waals surface area contributed by atoms with Gasteiger partial charge in [0.15, 0.2) is 0 Å². The summed E-state index contributed by atoms with van der Waals surface area (Å²) >= 11 is 0. The second-order valence-corrected chi connectivity index (χ2v) is 8.06. The Morgan fingerprint density at radius 1 is 1.08 bits per heavy atom. The Morgan fingerprint density at radius 2 is 1.78 bits per heavy atom. The fourth-order valence-electron chi connectivity index (χ4n) is 3.75. The van der Waals surface area contributed by atoms with Gasteiger partial charge in [-0.05, 0) is 50.2 Å². The maximum absolute atomic E-state index is 13.1. The van der Waals surface area contributed by atoms with Crippen molar-refractivity contribution in [1.82, 2.24) is 9.36 Å². The zero-order valence-electron chi connectivity index (χ0n) is 20.5. The Balaban J connectivity index is 1.55. The lowest BCUT2D eigenvalue weighted by atomic mass is 10.1. The van der Waals surface area contributed by atoms with Gasteiger partial charge in [-0.3, -0.25) is 14.3 Å². The average molecular weight is 497 g/mol. The molecule has 186 valence electrons. The Bertz CT molecular complexity index is 1580. The molecule has 0 saturated heterocycles. The van der Waals surface area contributed by atoms with Crippen molar-refractivity contribution < 1.29 is 18.7 Å². The fraction of sp³-hybridized carbons (Fsp3) is 0.143. The van der Waals surface area contributed by atoms with Crippen molar-refractivity contribution in [2.45, 2.75) is 13.8 Å². The van der Waals surface area contributed by atoms with Gasteiger partial charge < -0.3 is 14.5 Å². The number of nitrogens with zero attached hydrogens (tertiary/aromatic N) is 3. The molecule has 1 N–H and O–H groups in total. The van der Waals surface area contributed by atoms with Crippen LogP contribution >= 0.6 is 0 Å². The van der Waals surface area contributed by atoms with Crippen molar-refractivity contribution in [3.8, 4) is 23.1 Å². The van der Waals surface area contributed by atoms with E-state index in [1.54, 1.807) is 74.1 Å². The minimum Gasteiger partial charge on any atom is -0.462 e. The minimum atomic E-state index is -0.731. The molecule has 0 aliphatic heterocycles. The van der Waals surface area contributed by atoms with E-state index in [1.807, 2.05) is 24.3 Å². The summed E-state index contributed by atoms with van der Waals surface area (Å²) in [4.78, 5) is 37.8. The molecule has 9 nitrogen and oxygen atoms in total. The van der Waals surface area contributed by atoms with Gasteiger partial charge in [-0.25, -0.2) is 9.48 Å². The van der Waals surface area contributed by atoms with Crippen LogP contribution in [-0.4, -0.2) is 27.8 Å². The third-order valence-corrected chi connectivity index (χ3v) is 5.75. The van der Waals surface area contributed by atoms with E-state index in [9.17, 15) is 19.6 Å². The average Bonchev–Trinajstić information content (AvgIpc) is 3.46. The molecular weight excluding hydrogens is 472 g/mol. The van der Waals surface area contributed by atoms with Gasteiger partial charge >= 0.3 is 5.97 Å². The second kappa shape index (κ2) is 10.7. The van der Waals surface area contributed by atoms with Crippen molar-refractivity contribution in [3.05, 3.63) is 99.7 Å². The summed E-state index contributed by atoms with van der Waals surface area (Å²) in [5.41, 5.74) is 1.74. The molecule has 1 amide bonds. The van der Waals surface area contributed by atoms with Gasteiger partial charge in [0.2, 0.25) is 0 Å². The van der Waals surface area contributed by atoms with Crippen LogP contribution in [0.2, 0.25) is 0 Å². The number of hydrogen-bond donors (Lipinski definition) is 1. The number of nitriles is 1. The SMILES string of the molecule is CCOC(=O)c1ccc(-c2ccc(/C=C(\C#N)C(=O)Nc3c(C)n(C)n(-c4ccccc4)c3=O)o2)cc1. The number of rotatable bonds is 7. The monoisotopic (exact) mass is 496 g/mol. The van der Waals surface area contributed by atoms with Crippen LogP contribution in [0.25, 0.3) is 23.1 Å².